The van der Waals surface area contributed by atoms with Gasteiger partial charge in [0.15, 0.2) is 11.5 Å². The number of nitrogens with zero attached hydrogens (tertiary/aromatic N) is 2. The second-order valence-electron chi connectivity index (χ2n) is 5.56. The van der Waals surface area contributed by atoms with E-state index in [2.05, 4.69) is 10.3 Å². The third-order valence-corrected chi connectivity index (χ3v) is 3.88. The van der Waals surface area contributed by atoms with E-state index in [1.54, 1.807) is 19.2 Å². The van der Waals surface area contributed by atoms with Crippen molar-refractivity contribution in [2.24, 2.45) is 4.99 Å². The molecule has 130 valence electrons. The van der Waals surface area contributed by atoms with Gasteiger partial charge in [0.1, 0.15) is 12.4 Å². The molecule has 1 heterocycles. The predicted octanol–water partition coefficient (Wildman–Crippen LogP) is 2.92. The van der Waals surface area contributed by atoms with Gasteiger partial charge in [0.25, 0.3) is 5.69 Å². The molecule has 3 rings (SSSR count). The molecule has 1 N–H and O–H groups in total. The lowest BCUT2D eigenvalue weighted by Gasteiger charge is -2.19. The quantitative estimate of drug-likeness (QED) is 0.645. The zero-order chi connectivity index (χ0) is 17.6. The lowest BCUT2D eigenvalue weighted by Crippen LogP contribution is -2.30. The number of aliphatic imine (C=N–C) groups is 1. The molecule has 0 radical (unpaired) electrons. The first-order valence-electron chi connectivity index (χ1n) is 8.01. The Morgan fingerprint density at radius 2 is 2.04 bits per heavy atom. The zero-order valence-electron chi connectivity index (χ0n) is 13.9. The van der Waals surface area contributed by atoms with Gasteiger partial charge < -0.3 is 14.8 Å². The van der Waals surface area contributed by atoms with Crippen LogP contribution in [0.1, 0.15) is 17.5 Å². The number of hydrogen-bond acceptors (Lipinski definition) is 6. The average Bonchev–Trinajstić information content (AvgIpc) is 2.67. The number of para-hydroxylation sites is 1. The van der Waals surface area contributed by atoms with Gasteiger partial charge in [-0.3, -0.25) is 15.1 Å². The van der Waals surface area contributed by atoms with Crippen LogP contribution in [0.2, 0.25) is 0 Å². The van der Waals surface area contributed by atoms with Crippen molar-refractivity contribution >= 4 is 11.5 Å². The molecule has 0 atom stereocenters. The number of benzene rings is 2. The number of nitro groups is 1. The maximum absolute atomic E-state index is 10.7. The van der Waals surface area contributed by atoms with Crippen LogP contribution in [0.5, 0.6) is 11.5 Å². The molecule has 0 bridgehead atoms. The number of nitro benzene ring substituents is 1. The molecule has 1 aliphatic rings. The fourth-order valence-electron chi connectivity index (χ4n) is 2.59. The fourth-order valence-corrected chi connectivity index (χ4v) is 2.59. The molecule has 0 spiro atoms. The van der Waals surface area contributed by atoms with Gasteiger partial charge in [-0.2, -0.15) is 0 Å². The Labute approximate surface area is 145 Å². The minimum absolute atomic E-state index is 0.0579. The highest BCUT2D eigenvalue weighted by Crippen LogP contribution is 2.32. The van der Waals surface area contributed by atoms with Crippen molar-refractivity contribution in [2.45, 2.75) is 13.0 Å². The maximum Gasteiger partial charge on any atom is 0.269 e. The number of nitrogens with one attached hydrogen (secondary N) is 1. The van der Waals surface area contributed by atoms with Crippen molar-refractivity contribution in [1.82, 2.24) is 5.32 Å². The molecule has 7 heteroatoms. The van der Waals surface area contributed by atoms with E-state index in [-0.39, 0.29) is 12.3 Å². The summed E-state index contributed by atoms with van der Waals surface area (Å²) in [5, 5.41) is 14.0. The first kappa shape index (κ1) is 16.8. The van der Waals surface area contributed by atoms with Crippen molar-refractivity contribution in [3.05, 3.63) is 63.7 Å². The monoisotopic (exact) mass is 341 g/mol. The van der Waals surface area contributed by atoms with Gasteiger partial charge in [0, 0.05) is 25.2 Å². The lowest BCUT2D eigenvalue weighted by atomic mass is 10.1. The molecule has 0 saturated carbocycles. The van der Waals surface area contributed by atoms with Gasteiger partial charge in [-0.15, -0.1) is 0 Å². The van der Waals surface area contributed by atoms with E-state index < -0.39 is 4.92 Å². The fraction of sp³-hybridized carbons (Fsp3) is 0.278. The molecule has 0 aliphatic carbocycles. The molecular weight excluding hydrogens is 322 g/mol. The summed E-state index contributed by atoms with van der Waals surface area (Å²) in [4.78, 5) is 14.8. The Morgan fingerprint density at radius 1 is 1.24 bits per heavy atom. The van der Waals surface area contributed by atoms with Crippen LogP contribution in [-0.4, -0.2) is 31.0 Å². The number of hydrogen-bond donors (Lipinski definition) is 1. The molecular formula is C18H19N3O4. The van der Waals surface area contributed by atoms with Crippen molar-refractivity contribution in [3.63, 3.8) is 0 Å². The topological polar surface area (TPSA) is 86.0 Å². The van der Waals surface area contributed by atoms with Crippen molar-refractivity contribution < 1.29 is 14.4 Å². The highest BCUT2D eigenvalue weighted by molar-refractivity contribution is 6.02. The summed E-state index contributed by atoms with van der Waals surface area (Å²) in [6.07, 6.45) is 1.01. The second-order valence-corrected chi connectivity index (χ2v) is 5.56. The predicted molar refractivity (Wildman–Crippen MR) is 94.4 cm³/mol. The normalized spacial score (nSPS) is 13.6. The van der Waals surface area contributed by atoms with Crippen molar-refractivity contribution in [1.29, 1.82) is 0 Å². The molecule has 2 aromatic carbocycles. The summed E-state index contributed by atoms with van der Waals surface area (Å²) in [6, 6.07) is 12.0. The Morgan fingerprint density at radius 3 is 2.68 bits per heavy atom. The Bertz CT molecular complexity index is 787. The third kappa shape index (κ3) is 3.88. The smallest absolute Gasteiger partial charge is 0.269 e. The minimum Gasteiger partial charge on any atom is -0.493 e. The summed E-state index contributed by atoms with van der Waals surface area (Å²) >= 11 is 0. The van der Waals surface area contributed by atoms with Crippen LogP contribution in [0.4, 0.5) is 5.69 Å². The van der Waals surface area contributed by atoms with E-state index in [1.165, 1.54) is 12.1 Å². The number of ether oxygens (including phenoxy) is 2. The highest BCUT2D eigenvalue weighted by atomic mass is 16.6. The Kier molecular flexibility index (Phi) is 5.13. The molecule has 25 heavy (non-hydrogen) atoms. The SMILES string of the molecule is COc1cccc(C2=NCCCN2)c1OCc1ccc([N+](=O)[O-])cc1. The minimum atomic E-state index is -0.421. The van der Waals surface area contributed by atoms with E-state index in [1.807, 2.05) is 18.2 Å². The first-order chi connectivity index (χ1) is 12.2. The summed E-state index contributed by atoms with van der Waals surface area (Å²) in [6.45, 7) is 1.93. The van der Waals surface area contributed by atoms with Crippen LogP contribution in [-0.2, 0) is 6.61 Å². The lowest BCUT2D eigenvalue weighted by molar-refractivity contribution is -0.384. The van der Waals surface area contributed by atoms with Gasteiger partial charge >= 0.3 is 0 Å². The number of amidine groups is 1. The van der Waals surface area contributed by atoms with E-state index in [0.717, 1.165) is 36.5 Å². The van der Waals surface area contributed by atoms with Gasteiger partial charge in [-0.25, -0.2) is 0 Å². The molecule has 0 amide bonds. The summed E-state index contributed by atoms with van der Waals surface area (Å²) in [5.74, 6) is 2.02. The average molecular weight is 341 g/mol. The van der Waals surface area contributed by atoms with E-state index in [0.29, 0.717) is 11.5 Å². The van der Waals surface area contributed by atoms with E-state index in [4.69, 9.17) is 9.47 Å². The van der Waals surface area contributed by atoms with E-state index in [9.17, 15) is 10.1 Å². The highest BCUT2D eigenvalue weighted by Gasteiger charge is 2.17. The van der Waals surface area contributed by atoms with Gasteiger partial charge in [0.05, 0.1) is 17.6 Å². The number of non-ortho nitro benzene ring substituents is 1. The van der Waals surface area contributed by atoms with Crippen molar-refractivity contribution in [3.8, 4) is 11.5 Å². The summed E-state index contributed by atoms with van der Waals surface area (Å²) in [5.41, 5.74) is 1.74. The molecule has 0 unspecified atom stereocenters. The maximum atomic E-state index is 10.7. The Balaban J connectivity index is 1.83. The molecule has 7 nitrogen and oxygen atoms in total. The molecule has 0 fully saturated rings. The first-order valence-corrected chi connectivity index (χ1v) is 8.01. The van der Waals surface area contributed by atoms with Crippen LogP contribution >= 0.6 is 0 Å². The molecule has 0 saturated heterocycles. The van der Waals surface area contributed by atoms with Crippen LogP contribution < -0.4 is 14.8 Å². The van der Waals surface area contributed by atoms with Crippen LogP contribution in [0, 0.1) is 10.1 Å². The Hall–Kier alpha value is -3.09. The molecule has 2 aromatic rings. The van der Waals surface area contributed by atoms with Crippen LogP contribution in [0.15, 0.2) is 47.5 Å². The van der Waals surface area contributed by atoms with Crippen molar-refractivity contribution in [2.75, 3.05) is 20.2 Å². The number of methoxy groups -OCH3 is 1. The molecule has 1 aliphatic heterocycles. The van der Waals surface area contributed by atoms with Crippen LogP contribution in [0.25, 0.3) is 0 Å². The zero-order valence-corrected chi connectivity index (χ0v) is 13.9. The third-order valence-electron chi connectivity index (χ3n) is 3.88. The standard InChI is InChI=1S/C18H19N3O4/c1-24-16-5-2-4-15(18-19-10-3-11-20-18)17(16)25-12-13-6-8-14(9-7-13)21(22)23/h2,4-9H,3,10-12H2,1H3,(H,19,20). The van der Waals surface area contributed by atoms with Crippen LogP contribution in [0.3, 0.4) is 0 Å². The largest absolute Gasteiger partial charge is 0.493 e. The van der Waals surface area contributed by atoms with Gasteiger partial charge in [0.2, 0.25) is 0 Å². The molecule has 0 aromatic heterocycles. The summed E-state index contributed by atoms with van der Waals surface area (Å²) in [7, 11) is 1.59. The van der Waals surface area contributed by atoms with E-state index >= 15 is 0 Å². The van der Waals surface area contributed by atoms with Gasteiger partial charge in [-0.05, 0) is 36.2 Å². The summed E-state index contributed by atoms with van der Waals surface area (Å²) < 4.78 is 11.4. The van der Waals surface area contributed by atoms with Gasteiger partial charge in [-0.1, -0.05) is 6.07 Å². The number of rotatable bonds is 6. The second kappa shape index (κ2) is 7.65.